The Hall–Kier alpha value is -2.16. The van der Waals surface area contributed by atoms with Crippen LogP contribution in [0.5, 0.6) is 0 Å². The third-order valence-electron chi connectivity index (χ3n) is 21.3. The number of carboxylic acids is 1. The van der Waals surface area contributed by atoms with Crippen LogP contribution in [0.2, 0.25) is 0 Å². The Labute approximate surface area is 451 Å². The van der Waals surface area contributed by atoms with E-state index in [0.717, 1.165) is 5.57 Å². The number of fused-ring (bicyclic) bond motifs is 7. The molecule has 25 nitrogen and oxygen atoms in total. The molecule has 0 aromatic rings. The van der Waals surface area contributed by atoms with Crippen LogP contribution in [-0.4, -0.2) is 244 Å². The summed E-state index contributed by atoms with van der Waals surface area (Å²) in [6.07, 6.45) is -29.0. The number of aliphatic hydroxyl groups is 14. The van der Waals surface area contributed by atoms with Gasteiger partial charge in [0.2, 0.25) is 6.29 Å². The maximum Gasteiger partial charge on any atom is 0.317 e. The molecule has 4 saturated carbocycles. The number of aliphatic carboxylic acids is 1. The number of rotatable bonds is 12. The first-order valence-corrected chi connectivity index (χ1v) is 27.5. The summed E-state index contributed by atoms with van der Waals surface area (Å²) in [7, 11) is 0. The van der Waals surface area contributed by atoms with E-state index in [4.69, 9.17) is 37.9 Å². The zero-order valence-corrected chi connectivity index (χ0v) is 44.9. The van der Waals surface area contributed by atoms with Crippen LogP contribution in [0.15, 0.2) is 11.6 Å². The van der Waals surface area contributed by atoms with Gasteiger partial charge in [0.25, 0.3) is 0 Å². The summed E-state index contributed by atoms with van der Waals surface area (Å²) in [5.74, 6) is -2.81. The number of carbonyl (C=O) groups is 2. The van der Waals surface area contributed by atoms with Gasteiger partial charge in [-0.25, -0.2) is 0 Å². The molecule has 4 saturated heterocycles. The Morgan fingerprint density at radius 1 is 0.590 bits per heavy atom. The van der Waals surface area contributed by atoms with Gasteiger partial charge in [0, 0.05) is 5.92 Å². The Morgan fingerprint density at radius 2 is 1.15 bits per heavy atom. The monoisotopic (exact) mass is 1120 g/mol. The third-order valence-corrected chi connectivity index (χ3v) is 21.3. The zero-order valence-electron chi connectivity index (χ0n) is 44.9. The molecular formula is C53H84O25. The highest BCUT2D eigenvalue weighted by Crippen LogP contribution is 2.76. The molecule has 25 heteroatoms. The molecule has 0 spiro atoms. The molecule has 4 aliphatic heterocycles. The van der Waals surface area contributed by atoms with E-state index >= 15 is 0 Å². The predicted octanol–water partition coefficient (Wildman–Crippen LogP) is -3.36. The molecule has 0 radical (unpaired) electrons. The van der Waals surface area contributed by atoms with Crippen molar-refractivity contribution in [2.45, 2.75) is 228 Å². The zero-order chi connectivity index (χ0) is 57.1. The first kappa shape index (κ1) is 60.4. The van der Waals surface area contributed by atoms with Crippen molar-refractivity contribution in [3.05, 3.63) is 11.6 Å². The van der Waals surface area contributed by atoms with Gasteiger partial charge in [0.05, 0.1) is 44.1 Å². The molecule has 29 unspecified atom stereocenters. The van der Waals surface area contributed by atoms with Crippen LogP contribution in [0, 0.1) is 50.2 Å². The van der Waals surface area contributed by atoms with Gasteiger partial charge in [-0.3, -0.25) is 9.59 Å². The smallest absolute Gasteiger partial charge is 0.317 e. The van der Waals surface area contributed by atoms with Gasteiger partial charge in [0.15, 0.2) is 18.9 Å². The lowest BCUT2D eigenvalue weighted by molar-refractivity contribution is -0.387. The van der Waals surface area contributed by atoms with E-state index in [9.17, 15) is 86.2 Å². The summed E-state index contributed by atoms with van der Waals surface area (Å²) in [6, 6.07) is 0. The number of ether oxygens (including phenoxy) is 8. The number of carboxylic acid groups (broad SMARTS) is 1. The fourth-order valence-electron chi connectivity index (χ4n) is 16.4. The molecular weight excluding hydrogens is 1040 g/mol. The quantitative estimate of drug-likeness (QED) is 0.0515. The van der Waals surface area contributed by atoms with E-state index < -0.39 is 200 Å². The van der Waals surface area contributed by atoms with E-state index in [0.29, 0.717) is 32.1 Å². The highest BCUT2D eigenvalue weighted by atomic mass is 16.8. The molecule has 78 heavy (non-hydrogen) atoms. The van der Waals surface area contributed by atoms with Crippen molar-refractivity contribution in [1.29, 1.82) is 0 Å². The Balaban J connectivity index is 0.939. The molecule has 8 fully saturated rings. The SMILES string of the molecule is CC1(C(=O)O)CCC2(C(=O)OC3OC(CO)C(O)C(O)C3O)C(O)CC3(C)C(=CCC4C5(C)CCC(OC6OCC(O)C(OC7OC(CO)C(O)C(O)C7OC7OC(CO)C(O)C(O)C7O)C6O)C(C)(C)C5CCC43C)C2C1. The molecule has 0 aromatic heterocycles. The van der Waals surface area contributed by atoms with Crippen molar-refractivity contribution in [3.63, 3.8) is 0 Å². The van der Waals surface area contributed by atoms with Gasteiger partial charge in [0.1, 0.15) is 97.0 Å². The van der Waals surface area contributed by atoms with E-state index in [1.54, 1.807) is 6.92 Å². The Bertz CT molecular complexity index is 2200. The molecule has 15 N–H and O–H groups in total. The average molecular weight is 1120 g/mol. The lowest BCUT2D eigenvalue weighted by Crippen LogP contribution is -2.68. The van der Waals surface area contributed by atoms with E-state index in [-0.39, 0.29) is 42.9 Å². The first-order valence-electron chi connectivity index (χ1n) is 27.5. The first-order chi connectivity index (χ1) is 36.5. The second-order valence-corrected chi connectivity index (χ2v) is 25.6. The van der Waals surface area contributed by atoms with Crippen molar-refractivity contribution < 1.29 is 124 Å². The summed E-state index contributed by atoms with van der Waals surface area (Å²) >= 11 is 0. The summed E-state index contributed by atoms with van der Waals surface area (Å²) in [6.45, 7) is 9.65. The molecule has 9 aliphatic rings. The lowest BCUT2D eigenvalue weighted by Gasteiger charge is -2.71. The van der Waals surface area contributed by atoms with Crippen molar-refractivity contribution in [2.24, 2.45) is 50.2 Å². The molecule has 29 atom stereocenters. The summed E-state index contributed by atoms with van der Waals surface area (Å²) in [5.41, 5.74) is -4.34. The number of esters is 1. The maximum atomic E-state index is 14.8. The minimum absolute atomic E-state index is 0.00245. The third kappa shape index (κ3) is 9.43. The van der Waals surface area contributed by atoms with Gasteiger partial charge < -0.3 is 114 Å². The van der Waals surface area contributed by atoms with Crippen molar-refractivity contribution in [2.75, 3.05) is 26.4 Å². The van der Waals surface area contributed by atoms with Crippen molar-refractivity contribution in [1.82, 2.24) is 0 Å². The number of allylic oxidation sites excluding steroid dienone is 2. The van der Waals surface area contributed by atoms with Crippen LogP contribution in [0.4, 0.5) is 0 Å². The largest absolute Gasteiger partial charge is 0.481 e. The fraction of sp³-hybridized carbons (Fsp3) is 0.925. The van der Waals surface area contributed by atoms with Crippen molar-refractivity contribution in [3.8, 4) is 0 Å². The van der Waals surface area contributed by atoms with Gasteiger partial charge in [-0.1, -0.05) is 46.3 Å². The van der Waals surface area contributed by atoms with E-state index in [1.807, 2.05) is 0 Å². The van der Waals surface area contributed by atoms with Crippen LogP contribution < -0.4 is 0 Å². The Kier molecular flexibility index (Phi) is 16.9. The number of hydrogen-bond donors (Lipinski definition) is 15. The predicted molar refractivity (Wildman–Crippen MR) is 260 cm³/mol. The molecule has 0 bridgehead atoms. The number of aliphatic hydroxyl groups excluding tert-OH is 14. The van der Waals surface area contributed by atoms with Crippen LogP contribution in [-0.2, 0) is 47.5 Å². The summed E-state index contributed by atoms with van der Waals surface area (Å²) in [5, 5.41) is 161. The highest BCUT2D eigenvalue weighted by molar-refractivity contribution is 5.81. The number of carbonyl (C=O) groups excluding carboxylic acids is 1. The average Bonchev–Trinajstić information content (AvgIpc) is 3.37. The maximum absolute atomic E-state index is 14.8. The molecule has 9 rings (SSSR count). The van der Waals surface area contributed by atoms with Crippen LogP contribution >= 0.6 is 0 Å². The Morgan fingerprint density at radius 3 is 1.76 bits per heavy atom. The second-order valence-electron chi connectivity index (χ2n) is 25.6. The highest BCUT2D eigenvalue weighted by Gasteiger charge is 2.73. The van der Waals surface area contributed by atoms with Gasteiger partial charge in [-0.15, -0.1) is 0 Å². The second kappa shape index (κ2) is 21.8. The molecule has 0 amide bonds. The van der Waals surface area contributed by atoms with Crippen LogP contribution in [0.25, 0.3) is 0 Å². The molecule has 446 valence electrons. The lowest BCUT2D eigenvalue weighted by atomic mass is 9.33. The summed E-state index contributed by atoms with van der Waals surface area (Å²) < 4.78 is 47.2. The van der Waals surface area contributed by atoms with Crippen LogP contribution in [0.3, 0.4) is 0 Å². The fourth-order valence-corrected chi connectivity index (χ4v) is 16.4. The topological polar surface area (TPSA) is 411 Å². The standard InChI is InChI=1S/C53H84O25/c1-48(2)27-9-12-51(5)28(8-7-21-22-15-49(3,46(68)69)13-14-53(22,29(58)16-52(21,51)6)47(70)78-44-38(66)35(63)32(60)25(18-55)73-44)50(27,4)11-10-30(48)75-42-39(67)40(23(57)20-71-42)76-45-41(36(64)33(61)26(19-56)74-45)77-43-37(65)34(62)31(59)24(17-54)72-43/h7,22-45,54-67H,8-20H2,1-6H3,(H,68,69). The molecule has 5 aliphatic carbocycles. The van der Waals surface area contributed by atoms with E-state index in [1.165, 1.54) is 0 Å². The van der Waals surface area contributed by atoms with Gasteiger partial charge >= 0.3 is 11.9 Å². The van der Waals surface area contributed by atoms with E-state index in [2.05, 4.69) is 40.7 Å². The van der Waals surface area contributed by atoms with Crippen molar-refractivity contribution >= 4 is 11.9 Å². The number of hydrogen-bond acceptors (Lipinski definition) is 24. The normalized spacial score (nSPS) is 54.1. The van der Waals surface area contributed by atoms with Gasteiger partial charge in [-0.2, -0.15) is 0 Å². The minimum Gasteiger partial charge on any atom is -0.481 e. The van der Waals surface area contributed by atoms with Crippen LogP contribution in [0.1, 0.15) is 99.3 Å². The molecule has 4 heterocycles. The summed E-state index contributed by atoms with van der Waals surface area (Å²) in [4.78, 5) is 27.8. The van der Waals surface area contributed by atoms with Gasteiger partial charge in [-0.05, 0) is 98.2 Å². The molecule has 0 aromatic carbocycles. The minimum atomic E-state index is -1.93.